The molecule has 5 heteroatoms. The Balaban J connectivity index is 3.15. The fourth-order valence-corrected chi connectivity index (χ4v) is 0.927. The first-order valence-electron chi connectivity index (χ1n) is 4.18. The molecule has 0 aromatic carbocycles. The van der Waals surface area contributed by atoms with E-state index >= 15 is 0 Å². The maximum Gasteiger partial charge on any atom is 0.251 e. The summed E-state index contributed by atoms with van der Waals surface area (Å²) in [5, 5.41) is 0. The zero-order valence-electron chi connectivity index (χ0n) is 8.18. The van der Waals surface area contributed by atoms with Crippen LogP contribution < -0.4 is 4.90 Å². The van der Waals surface area contributed by atoms with Gasteiger partial charge in [0.15, 0.2) is 17.5 Å². The predicted molar refractivity (Wildman–Crippen MR) is 47.7 cm³/mol. The van der Waals surface area contributed by atoms with Crippen molar-refractivity contribution in [1.29, 1.82) is 0 Å². The van der Waals surface area contributed by atoms with Crippen LogP contribution >= 0.6 is 0 Å². The summed E-state index contributed by atoms with van der Waals surface area (Å²) >= 11 is 0. The van der Waals surface area contributed by atoms with E-state index < -0.39 is 17.6 Å². The third-order valence-corrected chi connectivity index (χ3v) is 1.98. The molecule has 0 N–H and O–H groups in total. The van der Waals surface area contributed by atoms with Crippen LogP contribution in [0.1, 0.15) is 13.8 Å². The van der Waals surface area contributed by atoms with Gasteiger partial charge in [0.05, 0.1) is 0 Å². The van der Waals surface area contributed by atoms with Gasteiger partial charge in [0.1, 0.15) is 0 Å². The molecule has 0 atom stereocenters. The number of rotatable bonds is 2. The molecule has 2 nitrogen and oxygen atoms in total. The molecule has 0 amide bonds. The molecule has 1 heterocycles. The lowest BCUT2D eigenvalue weighted by atomic mass is 10.3. The lowest BCUT2D eigenvalue weighted by Crippen LogP contribution is -2.28. The zero-order chi connectivity index (χ0) is 10.9. The van der Waals surface area contributed by atoms with Gasteiger partial charge >= 0.3 is 0 Å². The largest absolute Gasteiger partial charge is 0.355 e. The molecule has 14 heavy (non-hydrogen) atoms. The third kappa shape index (κ3) is 1.97. The van der Waals surface area contributed by atoms with E-state index in [4.69, 9.17) is 0 Å². The summed E-state index contributed by atoms with van der Waals surface area (Å²) in [6.07, 6.45) is 0. The lowest BCUT2D eigenvalue weighted by Gasteiger charge is -2.22. The second-order valence-electron chi connectivity index (χ2n) is 3.27. The van der Waals surface area contributed by atoms with Gasteiger partial charge in [0.2, 0.25) is 0 Å². The Kier molecular flexibility index (Phi) is 2.98. The average molecular weight is 204 g/mol. The van der Waals surface area contributed by atoms with Crippen molar-refractivity contribution in [3.8, 4) is 0 Å². The minimum Gasteiger partial charge on any atom is -0.355 e. The summed E-state index contributed by atoms with van der Waals surface area (Å²) in [6.45, 7) is 3.59. The summed E-state index contributed by atoms with van der Waals surface area (Å²) in [6, 6.07) is 0.457. The molecular formula is C9H11F3N2. The molecule has 1 aromatic heterocycles. The van der Waals surface area contributed by atoms with Crippen LogP contribution in [0.4, 0.5) is 19.0 Å². The molecule has 0 aliphatic carbocycles. The molecule has 78 valence electrons. The first-order chi connectivity index (χ1) is 6.43. The molecule has 0 saturated carbocycles. The summed E-state index contributed by atoms with van der Waals surface area (Å²) in [7, 11) is 1.56. The van der Waals surface area contributed by atoms with Crippen molar-refractivity contribution in [2.75, 3.05) is 11.9 Å². The Labute approximate surface area is 80.4 Å². The SMILES string of the molecule is CC(C)N(C)c1nc(F)c(F)cc1F. The van der Waals surface area contributed by atoms with Crippen molar-refractivity contribution in [3.05, 3.63) is 23.6 Å². The van der Waals surface area contributed by atoms with Crippen LogP contribution in [0.5, 0.6) is 0 Å². The van der Waals surface area contributed by atoms with Crippen LogP contribution in [0, 0.1) is 17.6 Å². The second kappa shape index (κ2) is 3.86. The molecule has 1 rings (SSSR count). The molecule has 1 aromatic rings. The van der Waals surface area contributed by atoms with E-state index in [1.54, 1.807) is 20.9 Å². The minimum absolute atomic E-state index is 0.0399. The number of nitrogens with zero attached hydrogens (tertiary/aromatic N) is 2. The van der Waals surface area contributed by atoms with Crippen LogP contribution in [0.15, 0.2) is 6.07 Å². The van der Waals surface area contributed by atoms with Crippen molar-refractivity contribution < 1.29 is 13.2 Å². The van der Waals surface area contributed by atoms with Crippen molar-refractivity contribution in [3.63, 3.8) is 0 Å². The summed E-state index contributed by atoms with van der Waals surface area (Å²) in [5.74, 6) is -3.60. The Morgan fingerprint density at radius 2 is 1.79 bits per heavy atom. The van der Waals surface area contributed by atoms with E-state index in [9.17, 15) is 13.2 Å². The number of halogens is 3. The Morgan fingerprint density at radius 1 is 1.21 bits per heavy atom. The van der Waals surface area contributed by atoms with Gasteiger partial charge in [-0.25, -0.2) is 8.78 Å². The molecule has 0 unspecified atom stereocenters. The number of pyridine rings is 1. The average Bonchev–Trinajstić information content (AvgIpc) is 2.10. The van der Waals surface area contributed by atoms with E-state index in [1.165, 1.54) is 4.90 Å². The number of hydrogen-bond acceptors (Lipinski definition) is 2. The lowest BCUT2D eigenvalue weighted by molar-refractivity contribution is 0.462. The topological polar surface area (TPSA) is 16.1 Å². The van der Waals surface area contributed by atoms with E-state index in [0.717, 1.165) is 0 Å². The Hall–Kier alpha value is -1.26. The van der Waals surface area contributed by atoms with E-state index in [2.05, 4.69) is 4.98 Å². The fourth-order valence-electron chi connectivity index (χ4n) is 0.927. The number of hydrogen-bond donors (Lipinski definition) is 0. The highest BCUT2D eigenvalue weighted by molar-refractivity contribution is 5.39. The molecule has 0 fully saturated rings. The third-order valence-electron chi connectivity index (χ3n) is 1.98. The van der Waals surface area contributed by atoms with E-state index in [0.29, 0.717) is 6.07 Å². The predicted octanol–water partition coefficient (Wildman–Crippen LogP) is 2.34. The van der Waals surface area contributed by atoms with E-state index in [-0.39, 0.29) is 11.9 Å². The monoisotopic (exact) mass is 204 g/mol. The molecule has 0 aliphatic rings. The summed E-state index contributed by atoms with van der Waals surface area (Å²) in [4.78, 5) is 4.63. The molecular weight excluding hydrogens is 193 g/mol. The van der Waals surface area contributed by atoms with E-state index in [1.807, 2.05) is 0 Å². The smallest absolute Gasteiger partial charge is 0.251 e. The van der Waals surface area contributed by atoms with Gasteiger partial charge in [0, 0.05) is 19.2 Å². The van der Waals surface area contributed by atoms with Gasteiger partial charge in [-0.15, -0.1) is 0 Å². The zero-order valence-corrected chi connectivity index (χ0v) is 8.18. The molecule has 0 saturated heterocycles. The Bertz CT molecular complexity index is 339. The van der Waals surface area contributed by atoms with Gasteiger partial charge in [-0.1, -0.05) is 0 Å². The molecule has 0 radical (unpaired) electrons. The highest BCUT2D eigenvalue weighted by Gasteiger charge is 2.16. The van der Waals surface area contributed by atoms with Crippen LogP contribution in [0.3, 0.4) is 0 Å². The van der Waals surface area contributed by atoms with Gasteiger partial charge in [-0.2, -0.15) is 9.37 Å². The number of anilines is 1. The number of aromatic nitrogens is 1. The van der Waals surface area contributed by atoms with Crippen LogP contribution in [0.2, 0.25) is 0 Å². The quantitative estimate of drug-likeness (QED) is 0.687. The van der Waals surface area contributed by atoms with Gasteiger partial charge in [0.25, 0.3) is 5.95 Å². The Morgan fingerprint density at radius 3 is 2.29 bits per heavy atom. The first-order valence-corrected chi connectivity index (χ1v) is 4.18. The van der Waals surface area contributed by atoms with Gasteiger partial charge < -0.3 is 4.90 Å². The highest BCUT2D eigenvalue weighted by Crippen LogP contribution is 2.19. The summed E-state index contributed by atoms with van der Waals surface area (Å²) < 4.78 is 38.4. The van der Waals surface area contributed by atoms with Crippen molar-refractivity contribution in [2.24, 2.45) is 0 Å². The minimum atomic E-state index is -1.28. The second-order valence-corrected chi connectivity index (χ2v) is 3.27. The first kappa shape index (κ1) is 10.8. The maximum absolute atomic E-state index is 13.1. The highest BCUT2D eigenvalue weighted by atomic mass is 19.2. The van der Waals surface area contributed by atoms with Crippen LogP contribution in [0.25, 0.3) is 0 Å². The summed E-state index contributed by atoms with van der Waals surface area (Å²) in [5.41, 5.74) is 0. The van der Waals surface area contributed by atoms with Crippen LogP contribution in [-0.4, -0.2) is 18.1 Å². The fraction of sp³-hybridized carbons (Fsp3) is 0.444. The van der Waals surface area contributed by atoms with Gasteiger partial charge in [-0.05, 0) is 13.8 Å². The molecule has 0 bridgehead atoms. The van der Waals surface area contributed by atoms with Crippen LogP contribution in [-0.2, 0) is 0 Å². The standard InChI is InChI=1S/C9H11F3N2/c1-5(2)14(3)9-7(11)4-6(10)8(12)13-9/h4-5H,1-3H3. The van der Waals surface area contributed by atoms with Gasteiger partial charge in [-0.3, -0.25) is 0 Å². The normalized spacial score (nSPS) is 10.8. The van der Waals surface area contributed by atoms with Crippen molar-refractivity contribution in [1.82, 2.24) is 4.98 Å². The van der Waals surface area contributed by atoms with Crippen molar-refractivity contribution >= 4 is 5.82 Å². The molecule has 0 aliphatic heterocycles. The maximum atomic E-state index is 13.1. The van der Waals surface area contributed by atoms with Crippen molar-refractivity contribution in [2.45, 2.75) is 19.9 Å². The molecule has 0 spiro atoms.